The third kappa shape index (κ3) is 3.14. The molecule has 0 aliphatic carbocycles. The predicted octanol–water partition coefficient (Wildman–Crippen LogP) is 1.68. The predicted molar refractivity (Wildman–Crippen MR) is 79.0 cm³/mol. The van der Waals surface area contributed by atoms with Crippen LogP contribution in [-0.2, 0) is 14.3 Å². The Hall–Kier alpha value is -1.93. The molecular weight excluding hydrogens is 300 g/mol. The van der Waals surface area contributed by atoms with Crippen LogP contribution in [0, 0.1) is 0 Å². The normalized spacial score (nSPS) is 16.8. The van der Waals surface area contributed by atoms with E-state index in [1.165, 1.54) is 16.2 Å². The standard InChI is InChI=1S/C12H12N2O4S2/c13-7-3-5-20-9(7)6-8-11(17)14(12(19)18-8)4-1-2-10(15)16/h3,5-6H,1-2,4,13H2,(H,15,16). The fourth-order valence-electron chi connectivity index (χ4n) is 1.65. The molecule has 1 aromatic rings. The van der Waals surface area contributed by atoms with Crippen molar-refractivity contribution in [3.8, 4) is 0 Å². The molecule has 0 atom stereocenters. The van der Waals surface area contributed by atoms with Crippen molar-refractivity contribution in [3.63, 3.8) is 0 Å². The summed E-state index contributed by atoms with van der Waals surface area (Å²) in [4.78, 5) is 24.5. The average molecular weight is 312 g/mol. The van der Waals surface area contributed by atoms with Crippen molar-refractivity contribution in [3.05, 3.63) is 22.1 Å². The number of hydrogen-bond donors (Lipinski definition) is 2. The fraction of sp³-hybridized carbons (Fsp3) is 0.250. The Kier molecular flexibility index (Phi) is 4.35. The first-order chi connectivity index (χ1) is 9.49. The molecule has 0 spiro atoms. The summed E-state index contributed by atoms with van der Waals surface area (Å²) in [6.45, 7) is 0.223. The van der Waals surface area contributed by atoms with Gasteiger partial charge in [0.1, 0.15) is 0 Å². The first-order valence-electron chi connectivity index (χ1n) is 5.79. The van der Waals surface area contributed by atoms with Gasteiger partial charge in [0.15, 0.2) is 5.76 Å². The lowest BCUT2D eigenvalue weighted by Crippen LogP contribution is -2.29. The van der Waals surface area contributed by atoms with Crippen LogP contribution in [-0.4, -0.2) is 33.6 Å². The Morgan fingerprint density at radius 1 is 1.60 bits per heavy atom. The quantitative estimate of drug-likeness (QED) is 0.635. The van der Waals surface area contributed by atoms with E-state index in [9.17, 15) is 9.59 Å². The molecule has 1 amide bonds. The molecule has 2 heterocycles. The molecule has 1 fully saturated rings. The van der Waals surface area contributed by atoms with Gasteiger partial charge in [-0.3, -0.25) is 14.5 Å². The minimum Gasteiger partial charge on any atom is -0.481 e. The summed E-state index contributed by atoms with van der Waals surface area (Å²) >= 11 is 6.36. The Morgan fingerprint density at radius 3 is 2.95 bits per heavy atom. The molecule has 0 saturated carbocycles. The van der Waals surface area contributed by atoms with Crippen molar-refractivity contribution in [2.75, 3.05) is 12.3 Å². The van der Waals surface area contributed by atoms with E-state index in [2.05, 4.69) is 0 Å². The van der Waals surface area contributed by atoms with Gasteiger partial charge in [-0.25, -0.2) is 0 Å². The summed E-state index contributed by atoms with van der Waals surface area (Å²) in [7, 11) is 0. The molecule has 1 aromatic heterocycles. The monoisotopic (exact) mass is 312 g/mol. The molecule has 1 saturated heterocycles. The second-order valence-electron chi connectivity index (χ2n) is 4.07. The zero-order valence-electron chi connectivity index (χ0n) is 10.4. The summed E-state index contributed by atoms with van der Waals surface area (Å²) in [5, 5.41) is 10.4. The van der Waals surface area contributed by atoms with Gasteiger partial charge < -0.3 is 15.6 Å². The number of aliphatic carboxylic acids is 1. The number of thiophene rings is 1. The Bertz CT molecular complexity index is 594. The summed E-state index contributed by atoms with van der Waals surface area (Å²) in [5.74, 6) is -1.17. The van der Waals surface area contributed by atoms with Crippen LogP contribution in [0.5, 0.6) is 0 Å². The summed E-state index contributed by atoms with van der Waals surface area (Å²) in [6, 6.07) is 1.74. The van der Waals surface area contributed by atoms with E-state index in [1.54, 1.807) is 12.1 Å². The zero-order chi connectivity index (χ0) is 14.7. The third-order valence-electron chi connectivity index (χ3n) is 2.64. The molecule has 3 N–H and O–H groups in total. The SMILES string of the molecule is Nc1ccsc1C=C1OC(=S)N(CCCC(=O)O)C1=O. The number of nitrogens with two attached hydrogens (primary N) is 1. The second-order valence-corrected chi connectivity index (χ2v) is 5.37. The second kappa shape index (κ2) is 6.02. The number of rotatable bonds is 5. The van der Waals surface area contributed by atoms with Crippen LogP contribution in [0.25, 0.3) is 6.08 Å². The van der Waals surface area contributed by atoms with Gasteiger partial charge in [-0.15, -0.1) is 11.3 Å². The maximum Gasteiger partial charge on any atom is 0.303 e. The Labute approximate surface area is 124 Å². The van der Waals surface area contributed by atoms with Crippen LogP contribution in [0.15, 0.2) is 17.2 Å². The topological polar surface area (TPSA) is 92.9 Å². The molecule has 0 unspecified atom stereocenters. The minimum atomic E-state index is -0.911. The van der Waals surface area contributed by atoms with Gasteiger partial charge in [-0.05, 0) is 30.1 Å². The molecule has 106 valence electrons. The molecule has 20 heavy (non-hydrogen) atoms. The number of carboxylic acid groups (broad SMARTS) is 1. The summed E-state index contributed by atoms with van der Waals surface area (Å²) in [6.07, 6.45) is 1.84. The number of carboxylic acids is 1. The van der Waals surface area contributed by atoms with Crippen molar-refractivity contribution >= 4 is 52.4 Å². The van der Waals surface area contributed by atoms with Crippen LogP contribution in [0.1, 0.15) is 17.7 Å². The van der Waals surface area contributed by atoms with Crippen molar-refractivity contribution in [1.82, 2.24) is 4.90 Å². The smallest absolute Gasteiger partial charge is 0.303 e. The molecule has 8 heteroatoms. The van der Waals surface area contributed by atoms with Crippen molar-refractivity contribution in [2.24, 2.45) is 0 Å². The number of hydrogen-bond acceptors (Lipinski definition) is 6. The number of nitrogen functional groups attached to an aromatic ring is 1. The van der Waals surface area contributed by atoms with Crippen LogP contribution < -0.4 is 5.73 Å². The first kappa shape index (κ1) is 14.5. The largest absolute Gasteiger partial charge is 0.481 e. The van der Waals surface area contributed by atoms with Crippen LogP contribution in [0.3, 0.4) is 0 Å². The number of carbonyl (C=O) groups is 2. The van der Waals surface area contributed by atoms with E-state index in [0.29, 0.717) is 12.1 Å². The number of amides is 1. The van der Waals surface area contributed by atoms with Gasteiger partial charge in [0.25, 0.3) is 11.1 Å². The number of carbonyl (C=O) groups excluding carboxylic acids is 1. The van der Waals surface area contributed by atoms with E-state index < -0.39 is 5.97 Å². The number of nitrogens with zero attached hydrogens (tertiary/aromatic N) is 1. The van der Waals surface area contributed by atoms with Crippen molar-refractivity contribution in [1.29, 1.82) is 0 Å². The van der Waals surface area contributed by atoms with Gasteiger partial charge in [-0.2, -0.15) is 0 Å². The first-order valence-corrected chi connectivity index (χ1v) is 7.08. The molecule has 0 aromatic carbocycles. The minimum absolute atomic E-state index is 0.0245. The van der Waals surface area contributed by atoms with E-state index in [1.807, 2.05) is 5.38 Å². The van der Waals surface area contributed by atoms with Crippen LogP contribution in [0.2, 0.25) is 0 Å². The molecule has 2 rings (SSSR count). The highest BCUT2D eigenvalue weighted by Crippen LogP contribution is 2.26. The Balaban J connectivity index is 2.07. The highest BCUT2D eigenvalue weighted by atomic mass is 32.1. The van der Waals surface area contributed by atoms with Gasteiger partial charge in [0.2, 0.25) is 0 Å². The van der Waals surface area contributed by atoms with E-state index in [4.69, 9.17) is 27.8 Å². The fourth-order valence-corrected chi connectivity index (χ4v) is 2.65. The Morgan fingerprint density at radius 2 is 2.35 bits per heavy atom. The number of ether oxygens (including phenoxy) is 1. The summed E-state index contributed by atoms with van der Waals surface area (Å²) < 4.78 is 5.24. The highest BCUT2D eigenvalue weighted by Gasteiger charge is 2.33. The molecule has 0 bridgehead atoms. The van der Waals surface area contributed by atoms with Gasteiger partial charge in [0, 0.05) is 24.7 Å². The molecular formula is C12H12N2O4S2. The van der Waals surface area contributed by atoms with Gasteiger partial charge >= 0.3 is 5.97 Å². The maximum absolute atomic E-state index is 12.1. The van der Waals surface area contributed by atoms with E-state index in [-0.39, 0.29) is 29.8 Å². The molecule has 1 aliphatic rings. The molecule has 1 aliphatic heterocycles. The summed E-state index contributed by atoms with van der Waals surface area (Å²) in [5.41, 5.74) is 6.30. The van der Waals surface area contributed by atoms with Crippen LogP contribution >= 0.6 is 23.6 Å². The lowest BCUT2D eigenvalue weighted by Gasteiger charge is -2.10. The van der Waals surface area contributed by atoms with Crippen molar-refractivity contribution in [2.45, 2.75) is 12.8 Å². The van der Waals surface area contributed by atoms with Gasteiger partial charge in [0.05, 0.1) is 4.88 Å². The number of anilines is 1. The highest BCUT2D eigenvalue weighted by molar-refractivity contribution is 7.80. The van der Waals surface area contributed by atoms with E-state index >= 15 is 0 Å². The van der Waals surface area contributed by atoms with Crippen LogP contribution in [0.4, 0.5) is 5.69 Å². The van der Waals surface area contributed by atoms with Crippen molar-refractivity contribution < 1.29 is 19.4 Å². The van der Waals surface area contributed by atoms with Gasteiger partial charge in [-0.1, -0.05) is 0 Å². The third-order valence-corrected chi connectivity index (χ3v) is 3.82. The van der Waals surface area contributed by atoms with E-state index in [0.717, 1.165) is 4.88 Å². The zero-order valence-corrected chi connectivity index (χ0v) is 12.0. The average Bonchev–Trinajstić information content (AvgIpc) is 2.88. The lowest BCUT2D eigenvalue weighted by molar-refractivity contribution is -0.137. The lowest BCUT2D eigenvalue weighted by atomic mass is 10.3. The molecule has 0 radical (unpaired) electrons. The molecule has 6 nitrogen and oxygen atoms in total. The number of thiocarbonyl (C=S) groups is 1. The maximum atomic E-state index is 12.1.